The molecule has 1 N–H and O–H groups in total. The molecule has 0 saturated heterocycles. The van der Waals surface area contributed by atoms with E-state index in [4.69, 9.17) is 0 Å². The van der Waals surface area contributed by atoms with E-state index >= 15 is 0 Å². The molecule has 0 amide bonds. The van der Waals surface area contributed by atoms with Gasteiger partial charge >= 0.3 is 0 Å². The number of sulfone groups is 1. The molecule has 0 radical (unpaired) electrons. The second-order valence-corrected chi connectivity index (χ2v) is 7.40. The molecule has 0 bridgehead atoms. The Morgan fingerprint density at radius 3 is 2.47 bits per heavy atom. The van der Waals surface area contributed by atoms with Crippen LogP contribution in [0.25, 0.3) is 0 Å². The maximum Gasteiger partial charge on any atom is 0.147 e. The predicted octanol–water partition coefficient (Wildman–Crippen LogP) is 2.28. The Labute approximate surface area is 117 Å². The molecule has 19 heavy (non-hydrogen) atoms. The normalized spacial score (nSPS) is 13.4. The van der Waals surface area contributed by atoms with Crippen molar-refractivity contribution in [2.45, 2.75) is 26.2 Å². The first-order chi connectivity index (χ1) is 9.01. The molecule has 1 aromatic carbocycles. The van der Waals surface area contributed by atoms with Gasteiger partial charge in [-0.2, -0.15) is 0 Å². The van der Waals surface area contributed by atoms with E-state index in [1.165, 1.54) is 11.8 Å². The third kappa shape index (κ3) is 8.01. The zero-order valence-corrected chi connectivity index (χ0v) is 12.7. The summed E-state index contributed by atoms with van der Waals surface area (Å²) in [6.45, 7) is 4.00. The number of hydrogen-bond acceptors (Lipinski definition) is 3. The maximum atomic E-state index is 11.2. The summed E-state index contributed by atoms with van der Waals surface area (Å²) in [5, 5.41) is 3.37. The lowest BCUT2D eigenvalue weighted by Crippen LogP contribution is -2.24. The summed E-state index contributed by atoms with van der Waals surface area (Å²) in [5.41, 5.74) is 1.32. The van der Waals surface area contributed by atoms with Crippen molar-refractivity contribution < 1.29 is 8.42 Å². The molecule has 1 rings (SSSR count). The number of benzene rings is 1. The minimum atomic E-state index is -2.83. The van der Waals surface area contributed by atoms with E-state index in [0.717, 1.165) is 32.4 Å². The SMILES string of the molecule is CCNCC(CCCS(C)(=O)=O)Cc1ccccc1. The molecule has 0 saturated carbocycles. The number of hydrogen-bond donors (Lipinski definition) is 1. The van der Waals surface area contributed by atoms with Crippen LogP contribution in [0.1, 0.15) is 25.3 Å². The van der Waals surface area contributed by atoms with Gasteiger partial charge in [-0.1, -0.05) is 37.3 Å². The summed E-state index contributed by atoms with van der Waals surface area (Å²) in [4.78, 5) is 0. The second-order valence-electron chi connectivity index (χ2n) is 5.14. The zero-order valence-electron chi connectivity index (χ0n) is 11.9. The Balaban J connectivity index is 2.47. The number of rotatable bonds is 9. The second kappa shape index (κ2) is 8.33. The highest BCUT2D eigenvalue weighted by Gasteiger charge is 2.11. The quantitative estimate of drug-likeness (QED) is 0.756. The first-order valence-corrected chi connectivity index (χ1v) is 8.99. The Morgan fingerprint density at radius 2 is 1.89 bits per heavy atom. The van der Waals surface area contributed by atoms with Gasteiger partial charge < -0.3 is 5.32 Å². The van der Waals surface area contributed by atoms with Crippen molar-refractivity contribution >= 4 is 9.84 Å². The molecule has 0 fully saturated rings. The Morgan fingerprint density at radius 1 is 1.21 bits per heavy atom. The zero-order chi connectivity index (χ0) is 14.1. The summed E-state index contributed by atoms with van der Waals surface area (Å²) in [5.74, 6) is 0.800. The van der Waals surface area contributed by atoms with Gasteiger partial charge in [0.25, 0.3) is 0 Å². The first kappa shape index (κ1) is 16.2. The van der Waals surface area contributed by atoms with E-state index in [9.17, 15) is 8.42 Å². The van der Waals surface area contributed by atoms with Crippen molar-refractivity contribution in [1.82, 2.24) is 5.32 Å². The molecule has 1 unspecified atom stereocenters. The lowest BCUT2D eigenvalue weighted by molar-refractivity contribution is 0.444. The molecule has 0 spiro atoms. The molecule has 1 atom stereocenters. The summed E-state index contributed by atoms with van der Waals surface area (Å²) in [6, 6.07) is 10.4. The fraction of sp³-hybridized carbons (Fsp3) is 0.600. The smallest absolute Gasteiger partial charge is 0.147 e. The van der Waals surface area contributed by atoms with Gasteiger partial charge in [0, 0.05) is 12.0 Å². The monoisotopic (exact) mass is 283 g/mol. The number of nitrogens with one attached hydrogen (secondary N) is 1. The lowest BCUT2D eigenvalue weighted by Gasteiger charge is -2.17. The Kier molecular flexibility index (Phi) is 7.10. The molecule has 0 aliphatic heterocycles. The molecule has 0 aliphatic carbocycles. The van der Waals surface area contributed by atoms with Crippen molar-refractivity contribution in [2.24, 2.45) is 5.92 Å². The predicted molar refractivity (Wildman–Crippen MR) is 81.1 cm³/mol. The highest BCUT2D eigenvalue weighted by Crippen LogP contribution is 2.14. The van der Waals surface area contributed by atoms with Crippen molar-refractivity contribution in [3.8, 4) is 0 Å². The third-order valence-electron chi connectivity index (χ3n) is 3.18. The first-order valence-electron chi connectivity index (χ1n) is 6.93. The van der Waals surface area contributed by atoms with Crippen molar-refractivity contribution in [3.05, 3.63) is 35.9 Å². The molecule has 1 aromatic rings. The van der Waals surface area contributed by atoms with E-state index in [2.05, 4.69) is 36.5 Å². The van der Waals surface area contributed by atoms with Crippen LogP contribution in [0.3, 0.4) is 0 Å². The van der Waals surface area contributed by atoms with E-state index < -0.39 is 9.84 Å². The van der Waals surface area contributed by atoms with Crippen molar-refractivity contribution in [1.29, 1.82) is 0 Å². The van der Waals surface area contributed by atoms with Crippen LogP contribution in [0.2, 0.25) is 0 Å². The van der Waals surface area contributed by atoms with Crippen LogP contribution < -0.4 is 5.32 Å². The van der Waals surface area contributed by atoms with Gasteiger partial charge in [-0.25, -0.2) is 8.42 Å². The van der Waals surface area contributed by atoms with Crippen LogP contribution in [0.15, 0.2) is 30.3 Å². The topological polar surface area (TPSA) is 46.2 Å². The molecule has 4 heteroatoms. The molecule has 0 aliphatic rings. The lowest BCUT2D eigenvalue weighted by atomic mass is 9.95. The van der Waals surface area contributed by atoms with Crippen LogP contribution in [0.5, 0.6) is 0 Å². The molecule has 0 heterocycles. The van der Waals surface area contributed by atoms with Gasteiger partial charge in [0.15, 0.2) is 0 Å². The highest BCUT2D eigenvalue weighted by atomic mass is 32.2. The van der Waals surface area contributed by atoms with Crippen LogP contribution >= 0.6 is 0 Å². The summed E-state index contributed by atoms with van der Waals surface area (Å²) < 4.78 is 22.3. The molecule has 0 aromatic heterocycles. The van der Waals surface area contributed by atoms with Crippen LogP contribution in [0, 0.1) is 5.92 Å². The van der Waals surface area contributed by atoms with Gasteiger partial charge in [0.1, 0.15) is 9.84 Å². The molecular weight excluding hydrogens is 258 g/mol. The minimum absolute atomic E-state index is 0.296. The largest absolute Gasteiger partial charge is 0.317 e. The summed E-state index contributed by atoms with van der Waals surface area (Å²) in [6.07, 6.45) is 4.03. The van der Waals surface area contributed by atoms with Crippen LogP contribution in [-0.4, -0.2) is 33.5 Å². The Hall–Kier alpha value is -0.870. The standard InChI is InChI=1S/C15H25NO2S/c1-3-16-13-15(10-7-11-19(2,17)18)12-14-8-5-4-6-9-14/h4-6,8-9,15-16H,3,7,10-13H2,1-2H3. The van der Waals surface area contributed by atoms with Gasteiger partial charge in [-0.05, 0) is 43.8 Å². The van der Waals surface area contributed by atoms with E-state index in [1.807, 2.05) is 6.07 Å². The van der Waals surface area contributed by atoms with Crippen LogP contribution in [-0.2, 0) is 16.3 Å². The fourth-order valence-corrected chi connectivity index (χ4v) is 2.90. The maximum absolute atomic E-state index is 11.2. The summed E-state index contributed by atoms with van der Waals surface area (Å²) >= 11 is 0. The fourth-order valence-electron chi connectivity index (χ4n) is 2.21. The minimum Gasteiger partial charge on any atom is -0.317 e. The Bertz CT molecular complexity index is 442. The molecular formula is C15H25NO2S. The van der Waals surface area contributed by atoms with E-state index in [0.29, 0.717) is 11.7 Å². The van der Waals surface area contributed by atoms with Crippen molar-refractivity contribution in [2.75, 3.05) is 25.1 Å². The van der Waals surface area contributed by atoms with Gasteiger partial charge in [-0.15, -0.1) is 0 Å². The van der Waals surface area contributed by atoms with Gasteiger partial charge in [0.05, 0.1) is 0 Å². The average molecular weight is 283 g/mol. The highest BCUT2D eigenvalue weighted by molar-refractivity contribution is 7.90. The molecule has 108 valence electrons. The van der Waals surface area contributed by atoms with Gasteiger partial charge in [0.2, 0.25) is 0 Å². The van der Waals surface area contributed by atoms with E-state index in [-0.39, 0.29) is 0 Å². The molecule has 3 nitrogen and oxygen atoms in total. The van der Waals surface area contributed by atoms with Gasteiger partial charge in [-0.3, -0.25) is 0 Å². The average Bonchev–Trinajstić information content (AvgIpc) is 2.35. The third-order valence-corrected chi connectivity index (χ3v) is 4.21. The van der Waals surface area contributed by atoms with E-state index in [1.54, 1.807) is 0 Å². The van der Waals surface area contributed by atoms with Crippen LogP contribution in [0.4, 0.5) is 0 Å². The summed E-state index contributed by atoms with van der Waals surface area (Å²) in [7, 11) is -2.83. The van der Waals surface area contributed by atoms with Crippen molar-refractivity contribution in [3.63, 3.8) is 0 Å².